The first-order valence-electron chi connectivity index (χ1n) is 5.14. The van der Waals surface area contributed by atoms with E-state index in [0.29, 0.717) is 16.4 Å². The monoisotopic (exact) mass is 295 g/mol. The molecule has 1 heterocycles. The van der Waals surface area contributed by atoms with Gasteiger partial charge >= 0.3 is 0 Å². The molecule has 0 aliphatic heterocycles. The summed E-state index contributed by atoms with van der Waals surface area (Å²) in [5.41, 5.74) is 2.31. The molecule has 2 rings (SSSR count). The van der Waals surface area contributed by atoms with Crippen LogP contribution in [0.5, 0.6) is 0 Å². The van der Waals surface area contributed by atoms with Crippen molar-refractivity contribution >= 4 is 22.2 Å². The molecule has 2 nitrogen and oxygen atoms in total. The van der Waals surface area contributed by atoms with E-state index in [4.69, 9.17) is 0 Å². The van der Waals surface area contributed by atoms with Crippen LogP contribution in [-0.2, 0) is 0 Å². The third-order valence-corrected chi connectivity index (χ3v) is 3.43. The number of halogens is 2. The molecular weight excluding hydrogens is 285 g/mol. The predicted molar refractivity (Wildman–Crippen MR) is 68.3 cm³/mol. The Morgan fingerprint density at radius 1 is 1.18 bits per heavy atom. The van der Waals surface area contributed by atoms with Gasteiger partial charge in [-0.2, -0.15) is 0 Å². The Kier molecular flexibility index (Phi) is 3.15. The minimum absolute atomic E-state index is 0.0509. The summed E-state index contributed by atoms with van der Waals surface area (Å²) in [6.07, 6.45) is 0.525. The van der Waals surface area contributed by atoms with Gasteiger partial charge in [0.2, 0.25) is 0 Å². The Morgan fingerprint density at radius 3 is 2.29 bits per heavy atom. The highest BCUT2D eigenvalue weighted by Gasteiger charge is 2.14. The zero-order valence-electron chi connectivity index (χ0n) is 9.50. The summed E-state index contributed by atoms with van der Waals surface area (Å²) in [6.45, 7) is 3.80. The second-order valence-corrected chi connectivity index (χ2v) is 4.72. The minimum atomic E-state index is -0.503. The van der Waals surface area contributed by atoms with Crippen LogP contribution < -0.4 is 0 Å². The molecule has 0 fully saturated rings. The Balaban J connectivity index is 2.73. The Labute approximate surface area is 107 Å². The Morgan fingerprint density at radius 2 is 1.76 bits per heavy atom. The van der Waals surface area contributed by atoms with Gasteiger partial charge in [-0.15, -0.1) is 0 Å². The van der Waals surface area contributed by atoms with E-state index in [1.54, 1.807) is 16.7 Å². The lowest BCUT2D eigenvalue weighted by Gasteiger charge is -2.12. The fourth-order valence-electron chi connectivity index (χ4n) is 1.89. The maximum absolute atomic E-state index is 14.2. The van der Waals surface area contributed by atoms with E-state index in [-0.39, 0.29) is 5.56 Å². The zero-order chi connectivity index (χ0) is 12.6. The molecule has 2 aromatic rings. The predicted octanol–water partition coefficient (Wildman–Crippen LogP) is 3.81. The minimum Gasteiger partial charge on any atom is -0.316 e. The van der Waals surface area contributed by atoms with Crippen molar-refractivity contribution in [2.75, 3.05) is 0 Å². The Hall–Kier alpha value is -1.42. The van der Waals surface area contributed by atoms with Gasteiger partial charge in [0.15, 0.2) is 12.1 Å². The van der Waals surface area contributed by atoms with E-state index in [2.05, 4.69) is 15.9 Å². The molecule has 17 heavy (non-hydrogen) atoms. The van der Waals surface area contributed by atoms with Gasteiger partial charge in [-0.05, 0) is 54.0 Å². The van der Waals surface area contributed by atoms with Crippen LogP contribution in [0.2, 0.25) is 0 Å². The number of rotatable bonds is 2. The van der Waals surface area contributed by atoms with Gasteiger partial charge in [0, 0.05) is 15.9 Å². The lowest BCUT2D eigenvalue weighted by atomic mass is 10.2. The summed E-state index contributed by atoms with van der Waals surface area (Å²) in [7, 11) is 0. The van der Waals surface area contributed by atoms with Crippen molar-refractivity contribution in [1.29, 1.82) is 0 Å². The van der Waals surface area contributed by atoms with Gasteiger partial charge in [0.1, 0.15) is 0 Å². The van der Waals surface area contributed by atoms with Crippen molar-refractivity contribution in [3.63, 3.8) is 0 Å². The van der Waals surface area contributed by atoms with Gasteiger partial charge < -0.3 is 4.57 Å². The van der Waals surface area contributed by atoms with Crippen molar-refractivity contribution in [3.05, 3.63) is 51.5 Å². The van der Waals surface area contributed by atoms with Crippen LogP contribution in [0.3, 0.4) is 0 Å². The molecule has 0 unspecified atom stereocenters. The molecule has 0 aliphatic rings. The van der Waals surface area contributed by atoms with E-state index in [1.807, 2.05) is 26.0 Å². The average Bonchev–Trinajstić information content (AvgIpc) is 2.61. The number of benzene rings is 1. The van der Waals surface area contributed by atoms with Crippen molar-refractivity contribution in [2.24, 2.45) is 0 Å². The topological polar surface area (TPSA) is 22.0 Å². The molecule has 88 valence electrons. The van der Waals surface area contributed by atoms with E-state index in [0.717, 1.165) is 11.4 Å². The van der Waals surface area contributed by atoms with Gasteiger partial charge in [-0.25, -0.2) is 4.39 Å². The first kappa shape index (κ1) is 12.0. The largest absolute Gasteiger partial charge is 0.316 e. The molecule has 0 bridgehead atoms. The molecular formula is C13H11BrFNO. The molecule has 0 atom stereocenters. The van der Waals surface area contributed by atoms with E-state index in [9.17, 15) is 9.18 Å². The second kappa shape index (κ2) is 4.45. The summed E-state index contributed by atoms with van der Waals surface area (Å²) in [5.74, 6) is -0.503. The molecule has 0 saturated heterocycles. The van der Waals surface area contributed by atoms with Crippen LogP contribution in [0.1, 0.15) is 21.7 Å². The van der Waals surface area contributed by atoms with Gasteiger partial charge in [-0.3, -0.25) is 4.79 Å². The molecule has 1 aromatic heterocycles. The molecule has 0 saturated carbocycles. The first-order chi connectivity index (χ1) is 8.06. The quantitative estimate of drug-likeness (QED) is 0.772. The highest BCUT2D eigenvalue weighted by Crippen LogP contribution is 2.26. The average molecular weight is 296 g/mol. The summed E-state index contributed by atoms with van der Waals surface area (Å²) < 4.78 is 16.4. The first-order valence-corrected chi connectivity index (χ1v) is 5.94. The summed E-state index contributed by atoms with van der Waals surface area (Å²) in [4.78, 5) is 10.9. The molecule has 0 aliphatic carbocycles. The number of carbonyl (C=O) groups excluding carboxylic acids is 1. The molecule has 1 aromatic carbocycles. The summed E-state index contributed by atoms with van der Waals surface area (Å²) in [5, 5.41) is 0. The smallest absolute Gasteiger partial charge is 0.158 e. The molecule has 4 heteroatoms. The third-order valence-electron chi connectivity index (χ3n) is 2.74. The van der Waals surface area contributed by atoms with Crippen LogP contribution in [0.25, 0.3) is 5.69 Å². The standard InChI is InChI=1S/C13H11BrFNO/c1-8-3-4-9(2)16(8)12-6-5-11(14)10(7-17)13(12)15/h3-7H,1-2H3. The summed E-state index contributed by atoms with van der Waals surface area (Å²) >= 11 is 3.16. The zero-order valence-corrected chi connectivity index (χ0v) is 11.1. The fourth-order valence-corrected chi connectivity index (χ4v) is 2.29. The van der Waals surface area contributed by atoms with Crippen LogP contribution in [0, 0.1) is 19.7 Å². The molecule has 0 amide bonds. The van der Waals surface area contributed by atoms with E-state index in [1.165, 1.54) is 0 Å². The maximum atomic E-state index is 14.2. The fraction of sp³-hybridized carbons (Fsp3) is 0.154. The lowest BCUT2D eigenvalue weighted by Crippen LogP contribution is -2.04. The van der Waals surface area contributed by atoms with Crippen molar-refractivity contribution in [1.82, 2.24) is 4.57 Å². The van der Waals surface area contributed by atoms with Crippen molar-refractivity contribution < 1.29 is 9.18 Å². The second-order valence-electron chi connectivity index (χ2n) is 3.86. The summed E-state index contributed by atoms with van der Waals surface area (Å²) in [6, 6.07) is 7.17. The van der Waals surface area contributed by atoms with Crippen LogP contribution in [0.15, 0.2) is 28.7 Å². The number of aromatic nitrogens is 1. The molecule has 0 N–H and O–H groups in total. The van der Waals surface area contributed by atoms with Crippen molar-refractivity contribution in [3.8, 4) is 5.69 Å². The van der Waals surface area contributed by atoms with Gasteiger partial charge in [0.25, 0.3) is 0 Å². The molecule has 0 radical (unpaired) electrons. The number of aryl methyl sites for hydroxylation is 2. The van der Waals surface area contributed by atoms with Crippen LogP contribution in [0.4, 0.5) is 4.39 Å². The van der Waals surface area contributed by atoms with Gasteiger partial charge in [0.05, 0.1) is 11.3 Å². The highest BCUT2D eigenvalue weighted by molar-refractivity contribution is 9.10. The Bertz CT molecular complexity index is 570. The van der Waals surface area contributed by atoms with Gasteiger partial charge in [-0.1, -0.05) is 0 Å². The normalized spacial score (nSPS) is 10.6. The number of hydrogen-bond acceptors (Lipinski definition) is 1. The maximum Gasteiger partial charge on any atom is 0.158 e. The number of nitrogens with zero attached hydrogens (tertiary/aromatic N) is 1. The van der Waals surface area contributed by atoms with Crippen LogP contribution in [-0.4, -0.2) is 10.9 Å². The third kappa shape index (κ3) is 1.93. The van der Waals surface area contributed by atoms with Crippen LogP contribution >= 0.6 is 15.9 Å². The molecule has 0 spiro atoms. The number of carbonyl (C=O) groups is 1. The number of aldehydes is 1. The lowest BCUT2D eigenvalue weighted by molar-refractivity contribution is 0.111. The number of hydrogen-bond donors (Lipinski definition) is 0. The van der Waals surface area contributed by atoms with Crippen molar-refractivity contribution in [2.45, 2.75) is 13.8 Å². The highest BCUT2D eigenvalue weighted by atomic mass is 79.9. The van der Waals surface area contributed by atoms with E-state index >= 15 is 0 Å². The van der Waals surface area contributed by atoms with E-state index < -0.39 is 5.82 Å². The SMILES string of the molecule is Cc1ccc(C)n1-c1ccc(Br)c(C=O)c1F.